The molecule has 0 spiro atoms. The average Bonchev–Trinajstić information content (AvgIpc) is 2.72. The lowest BCUT2D eigenvalue weighted by atomic mass is 10.1. The van der Waals surface area contributed by atoms with Gasteiger partial charge in [0.05, 0.1) is 0 Å². The topological polar surface area (TPSA) is 65.5 Å². The zero-order valence-electron chi connectivity index (χ0n) is 16.5. The number of hydrogen-bond donors (Lipinski definition) is 3. The van der Waals surface area contributed by atoms with Crippen molar-refractivity contribution < 1.29 is 4.79 Å². The largest absolute Gasteiger partial charge is 0.357 e. The van der Waals surface area contributed by atoms with E-state index in [1.54, 1.807) is 0 Å². The Hall–Kier alpha value is -2.09. The molecule has 0 saturated carbocycles. The normalized spacial score (nSPS) is 10.7. The van der Waals surface area contributed by atoms with Gasteiger partial charge in [0.1, 0.15) is 0 Å². The van der Waals surface area contributed by atoms with Crippen LogP contribution in [0.5, 0.6) is 0 Å². The predicted octanol–water partition coefficient (Wildman–Crippen LogP) is 3.61. The van der Waals surface area contributed by atoms with Crippen molar-refractivity contribution in [1.82, 2.24) is 16.0 Å². The maximum Gasteiger partial charge on any atom is 0.251 e. The molecular weight excluding hydrogens is 463 g/mol. The maximum atomic E-state index is 12.0. The summed E-state index contributed by atoms with van der Waals surface area (Å²) in [7, 11) is 0. The zero-order chi connectivity index (χ0) is 19.2. The molecule has 0 unspecified atom stereocenters. The van der Waals surface area contributed by atoms with Crippen LogP contribution in [0.25, 0.3) is 0 Å². The summed E-state index contributed by atoms with van der Waals surface area (Å²) in [6, 6.07) is 19.8. The second-order valence-electron chi connectivity index (χ2n) is 6.25. The Kier molecular flexibility index (Phi) is 12.7. The second-order valence-corrected chi connectivity index (χ2v) is 6.25. The van der Waals surface area contributed by atoms with Gasteiger partial charge in [-0.2, -0.15) is 0 Å². The van der Waals surface area contributed by atoms with E-state index in [1.165, 1.54) is 5.56 Å². The molecule has 2 aromatic carbocycles. The highest BCUT2D eigenvalue weighted by molar-refractivity contribution is 14.0. The van der Waals surface area contributed by atoms with Gasteiger partial charge in [0.15, 0.2) is 5.96 Å². The smallest absolute Gasteiger partial charge is 0.251 e. The summed E-state index contributed by atoms with van der Waals surface area (Å²) in [5, 5.41) is 9.55. The van der Waals surface area contributed by atoms with Crippen LogP contribution >= 0.6 is 24.0 Å². The number of aryl methyl sites for hydroxylation is 1. The molecule has 0 fully saturated rings. The quantitative estimate of drug-likeness (QED) is 0.205. The predicted molar refractivity (Wildman–Crippen MR) is 128 cm³/mol. The summed E-state index contributed by atoms with van der Waals surface area (Å²) in [5.41, 5.74) is 2.05. The van der Waals surface area contributed by atoms with Crippen LogP contribution in [-0.4, -0.2) is 38.0 Å². The maximum absolute atomic E-state index is 12.0. The summed E-state index contributed by atoms with van der Waals surface area (Å²) < 4.78 is 0. The fourth-order valence-corrected chi connectivity index (χ4v) is 2.65. The monoisotopic (exact) mass is 494 g/mol. The van der Waals surface area contributed by atoms with Gasteiger partial charge in [0.25, 0.3) is 5.91 Å². The number of carbonyl (C=O) groups excluding carboxylic acids is 1. The van der Waals surface area contributed by atoms with E-state index in [9.17, 15) is 4.79 Å². The lowest BCUT2D eigenvalue weighted by Gasteiger charge is -2.11. The molecule has 0 saturated heterocycles. The van der Waals surface area contributed by atoms with Gasteiger partial charge in [-0.1, -0.05) is 48.5 Å². The molecule has 0 aliphatic carbocycles. The Morgan fingerprint density at radius 2 is 1.50 bits per heavy atom. The van der Waals surface area contributed by atoms with Gasteiger partial charge >= 0.3 is 0 Å². The minimum Gasteiger partial charge on any atom is -0.357 e. The minimum absolute atomic E-state index is 0. The Labute approximate surface area is 185 Å². The van der Waals surface area contributed by atoms with Gasteiger partial charge in [-0.15, -0.1) is 24.0 Å². The molecule has 0 radical (unpaired) electrons. The number of amides is 1. The van der Waals surface area contributed by atoms with Crippen LogP contribution in [0.4, 0.5) is 0 Å². The number of rotatable bonds is 10. The van der Waals surface area contributed by atoms with Crippen LogP contribution in [0.2, 0.25) is 0 Å². The molecule has 5 nitrogen and oxygen atoms in total. The Morgan fingerprint density at radius 3 is 2.18 bits per heavy atom. The SMILES string of the molecule is CCNC(=NCCCNC(=O)c1ccccc1)NCCCc1ccccc1.I. The van der Waals surface area contributed by atoms with Gasteiger partial charge in [-0.05, 0) is 43.9 Å². The van der Waals surface area contributed by atoms with Gasteiger partial charge in [-0.3, -0.25) is 9.79 Å². The van der Waals surface area contributed by atoms with Crippen molar-refractivity contribution in [3.05, 3.63) is 71.8 Å². The fourth-order valence-electron chi connectivity index (χ4n) is 2.65. The third kappa shape index (κ3) is 9.73. The van der Waals surface area contributed by atoms with Crippen LogP contribution in [0.15, 0.2) is 65.7 Å². The Morgan fingerprint density at radius 1 is 0.857 bits per heavy atom. The first-order valence-corrected chi connectivity index (χ1v) is 9.69. The number of carbonyl (C=O) groups is 1. The number of guanidine groups is 1. The molecule has 152 valence electrons. The Balaban J connectivity index is 0.00000392. The van der Waals surface area contributed by atoms with E-state index >= 15 is 0 Å². The third-order valence-electron chi connectivity index (χ3n) is 4.05. The van der Waals surface area contributed by atoms with Crippen molar-refractivity contribution in [1.29, 1.82) is 0 Å². The molecule has 0 heterocycles. The molecule has 0 aliphatic heterocycles. The average molecular weight is 494 g/mol. The van der Waals surface area contributed by atoms with Crippen LogP contribution in [0, 0.1) is 0 Å². The summed E-state index contributed by atoms with van der Waals surface area (Å²) in [5.74, 6) is 0.797. The molecular formula is C22H31IN4O. The van der Waals surface area contributed by atoms with Gasteiger partial charge in [-0.25, -0.2) is 0 Å². The molecule has 6 heteroatoms. The Bertz CT molecular complexity index is 692. The van der Waals surface area contributed by atoms with Crippen molar-refractivity contribution in [2.24, 2.45) is 4.99 Å². The van der Waals surface area contributed by atoms with E-state index in [2.05, 4.69) is 52.1 Å². The number of halogens is 1. The first-order valence-electron chi connectivity index (χ1n) is 9.69. The highest BCUT2D eigenvalue weighted by Crippen LogP contribution is 2.01. The standard InChI is InChI=1S/C22H30N4O.HI/c1-2-23-22(25-16-9-13-19-11-5-3-6-12-19)26-18-10-17-24-21(27)20-14-7-4-8-15-20;/h3-8,11-12,14-15H,2,9-10,13,16-18H2,1H3,(H,24,27)(H2,23,25,26);1H. The highest BCUT2D eigenvalue weighted by atomic mass is 127. The third-order valence-corrected chi connectivity index (χ3v) is 4.05. The molecule has 2 aromatic rings. The molecule has 1 amide bonds. The van der Waals surface area contributed by atoms with Crippen LogP contribution in [-0.2, 0) is 6.42 Å². The summed E-state index contributed by atoms with van der Waals surface area (Å²) in [6.45, 7) is 5.05. The summed E-state index contributed by atoms with van der Waals surface area (Å²) in [6.07, 6.45) is 2.92. The first-order chi connectivity index (χ1) is 13.3. The van der Waals surface area contributed by atoms with Crippen LogP contribution in [0.1, 0.15) is 35.7 Å². The number of hydrogen-bond acceptors (Lipinski definition) is 2. The minimum atomic E-state index is -0.0366. The van der Waals surface area contributed by atoms with Crippen molar-refractivity contribution in [2.75, 3.05) is 26.2 Å². The van der Waals surface area contributed by atoms with Crippen molar-refractivity contribution >= 4 is 35.8 Å². The fraction of sp³-hybridized carbons (Fsp3) is 0.364. The van der Waals surface area contributed by atoms with Crippen molar-refractivity contribution in [3.8, 4) is 0 Å². The van der Waals surface area contributed by atoms with E-state index in [4.69, 9.17) is 0 Å². The molecule has 2 rings (SSSR count). The molecule has 0 aromatic heterocycles. The van der Waals surface area contributed by atoms with Gasteiger partial charge in [0, 0.05) is 31.7 Å². The van der Waals surface area contributed by atoms with Gasteiger partial charge in [0.2, 0.25) is 0 Å². The lowest BCUT2D eigenvalue weighted by Crippen LogP contribution is -2.38. The number of aliphatic imine (C=N–C) groups is 1. The van der Waals surface area contributed by atoms with Crippen LogP contribution < -0.4 is 16.0 Å². The van der Waals surface area contributed by atoms with E-state index in [-0.39, 0.29) is 29.9 Å². The van der Waals surface area contributed by atoms with Crippen molar-refractivity contribution in [2.45, 2.75) is 26.2 Å². The molecule has 0 aliphatic rings. The summed E-state index contributed by atoms with van der Waals surface area (Å²) >= 11 is 0. The number of nitrogens with zero attached hydrogens (tertiary/aromatic N) is 1. The second kappa shape index (κ2) is 14.9. The van der Waals surface area contributed by atoms with E-state index in [1.807, 2.05) is 36.4 Å². The lowest BCUT2D eigenvalue weighted by molar-refractivity contribution is 0.0953. The number of nitrogens with one attached hydrogen (secondary N) is 3. The van der Waals surface area contributed by atoms with E-state index in [0.29, 0.717) is 18.7 Å². The van der Waals surface area contributed by atoms with E-state index in [0.717, 1.165) is 38.3 Å². The summed E-state index contributed by atoms with van der Waals surface area (Å²) in [4.78, 5) is 16.5. The van der Waals surface area contributed by atoms with Crippen molar-refractivity contribution in [3.63, 3.8) is 0 Å². The molecule has 0 bridgehead atoms. The van der Waals surface area contributed by atoms with Gasteiger partial charge < -0.3 is 16.0 Å². The number of benzene rings is 2. The molecule has 0 atom stereocenters. The van der Waals surface area contributed by atoms with Crippen LogP contribution in [0.3, 0.4) is 0 Å². The van der Waals surface area contributed by atoms with E-state index < -0.39 is 0 Å². The zero-order valence-corrected chi connectivity index (χ0v) is 18.8. The molecule has 3 N–H and O–H groups in total. The molecule has 28 heavy (non-hydrogen) atoms. The first kappa shape index (κ1) is 23.9. The highest BCUT2D eigenvalue weighted by Gasteiger charge is 2.02.